The number of nitrogens with zero attached hydrogens (tertiary/aromatic N) is 1. The first kappa shape index (κ1) is 30.0. The Labute approximate surface area is 216 Å². The summed E-state index contributed by atoms with van der Waals surface area (Å²) in [6, 6.07) is 16.2. The second kappa shape index (κ2) is 15.8. The highest BCUT2D eigenvalue weighted by Gasteiger charge is 2.21. The Hall–Kier alpha value is -3.24. The number of halogens is 2. The van der Waals surface area contributed by atoms with Crippen molar-refractivity contribution in [1.82, 2.24) is 4.90 Å². The fourth-order valence-electron chi connectivity index (χ4n) is 3.26. The second-order valence-corrected chi connectivity index (χ2v) is 8.44. The van der Waals surface area contributed by atoms with Gasteiger partial charge in [0.25, 0.3) is 0 Å². The summed E-state index contributed by atoms with van der Waals surface area (Å²) in [6.07, 6.45) is -1.66. The van der Waals surface area contributed by atoms with Crippen LogP contribution < -0.4 is 4.74 Å². The van der Waals surface area contributed by atoms with Gasteiger partial charge in [0.05, 0.1) is 19.8 Å². The minimum absolute atomic E-state index is 0.0792. The zero-order valence-corrected chi connectivity index (χ0v) is 21.2. The van der Waals surface area contributed by atoms with Crippen LogP contribution in [-0.4, -0.2) is 73.6 Å². The van der Waals surface area contributed by atoms with Gasteiger partial charge in [0.1, 0.15) is 19.0 Å². The van der Waals surface area contributed by atoms with E-state index in [4.69, 9.17) is 18.9 Å². The van der Waals surface area contributed by atoms with Crippen LogP contribution in [0.3, 0.4) is 0 Å². The number of alkyl halides is 2. The topological polar surface area (TPSA) is 94.5 Å². The van der Waals surface area contributed by atoms with Gasteiger partial charge in [0.2, 0.25) is 5.92 Å². The van der Waals surface area contributed by atoms with E-state index in [0.717, 1.165) is 18.1 Å². The van der Waals surface area contributed by atoms with Crippen LogP contribution in [0.15, 0.2) is 54.6 Å². The number of benzene rings is 2. The molecule has 204 valence electrons. The Bertz CT molecular complexity index is 936. The third kappa shape index (κ3) is 12.5. The summed E-state index contributed by atoms with van der Waals surface area (Å²) < 4.78 is 47.6. The Balaban J connectivity index is 1.87. The lowest BCUT2D eigenvalue weighted by molar-refractivity contribution is -0.149. The van der Waals surface area contributed by atoms with Gasteiger partial charge in [-0.3, -0.25) is 0 Å². The molecule has 0 bridgehead atoms. The molecule has 0 aromatic heterocycles. The molecule has 0 radical (unpaired) electrons. The molecule has 2 aromatic rings. The molecule has 0 aliphatic rings. The highest BCUT2D eigenvalue weighted by atomic mass is 19.3. The van der Waals surface area contributed by atoms with Crippen LogP contribution in [0.2, 0.25) is 0 Å². The predicted octanol–water partition coefficient (Wildman–Crippen LogP) is 4.80. The highest BCUT2D eigenvalue weighted by Crippen LogP contribution is 2.16. The van der Waals surface area contributed by atoms with E-state index in [1.807, 2.05) is 30.3 Å². The van der Waals surface area contributed by atoms with E-state index in [0.29, 0.717) is 12.4 Å². The average Bonchev–Trinajstić information content (AvgIpc) is 2.86. The largest absolute Gasteiger partial charge is 0.492 e. The molecule has 10 heteroatoms. The number of hydrogen-bond donors (Lipinski definition) is 1. The number of carbonyl (C=O) groups excluding carboxylic acids is 1. The van der Waals surface area contributed by atoms with Crippen LogP contribution in [0.5, 0.6) is 5.75 Å². The lowest BCUT2D eigenvalue weighted by atomic mass is 10.1. The molecule has 0 aliphatic heterocycles. The molecule has 0 heterocycles. The summed E-state index contributed by atoms with van der Waals surface area (Å²) in [4.78, 5) is 25.3. The van der Waals surface area contributed by atoms with Crippen LogP contribution in [0.25, 0.3) is 0 Å². The van der Waals surface area contributed by atoms with Gasteiger partial charge >= 0.3 is 12.1 Å². The van der Waals surface area contributed by atoms with E-state index in [-0.39, 0.29) is 45.9 Å². The minimum Gasteiger partial charge on any atom is -0.492 e. The molecular weight excluding hydrogens is 488 g/mol. The van der Waals surface area contributed by atoms with Gasteiger partial charge in [0.15, 0.2) is 6.10 Å². The maximum absolute atomic E-state index is 13.0. The second-order valence-electron chi connectivity index (χ2n) is 8.44. The first-order valence-electron chi connectivity index (χ1n) is 12.1. The molecule has 0 saturated heterocycles. The number of carboxylic acid groups (broad SMARTS) is 1. The lowest BCUT2D eigenvalue weighted by Gasteiger charge is -2.22. The van der Waals surface area contributed by atoms with Gasteiger partial charge in [-0.2, -0.15) is 0 Å². The fourth-order valence-corrected chi connectivity index (χ4v) is 3.26. The summed E-state index contributed by atoms with van der Waals surface area (Å²) in [5, 5.41) is 9.23. The van der Waals surface area contributed by atoms with Crippen molar-refractivity contribution in [3.63, 3.8) is 0 Å². The molecule has 1 unspecified atom stereocenters. The third-order valence-electron chi connectivity index (χ3n) is 5.27. The zero-order valence-electron chi connectivity index (χ0n) is 21.2. The first-order chi connectivity index (χ1) is 17.7. The molecule has 37 heavy (non-hydrogen) atoms. The maximum Gasteiger partial charge on any atom is 0.410 e. The average molecular weight is 524 g/mol. The number of amides is 1. The van der Waals surface area contributed by atoms with Crippen molar-refractivity contribution in [2.75, 3.05) is 39.5 Å². The molecule has 2 rings (SSSR count). The number of aliphatic carboxylic acids is 1. The summed E-state index contributed by atoms with van der Waals surface area (Å²) in [5.74, 6) is -3.28. The van der Waals surface area contributed by atoms with E-state index in [1.54, 1.807) is 31.2 Å². The standard InChI is InChI=1S/C27H35F2NO7/c1-3-35-24(25(31)32)19-21-9-11-23(12-10-21)36-18-15-30(14-17-34-16-13-27(2,28)29)26(33)37-20-22-7-5-4-6-8-22/h4-12,24H,3,13-20H2,1-2H3,(H,31,32). The normalized spacial score (nSPS) is 12.1. The molecule has 0 spiro atoms. The zero-order chi connectivity index (χ0) is 27.1. The smallest absolute Gasteiger partial charge is 0.410 e. The van der Waals surface area contributed by atoms with E-state index in [2.05, 4.69) is 0 Å². The number of ether oxygens (including phenoxy) is 4. The van der Waals surface area contributed by atoms with E-state index in [1.165, 1.54) is 4.90 Å². The highest BCUT2D eigenvalue weighted by molar-refractivity contribution is 5.72. The Morgan fingerprint density at radius 1 is 0.973 bits per heavy atom. The van der Waals surface area contributed by atoms with Gasteiger partial charge in [-0.15, -0.1) is 0 Å². The molecule has 1 atom stereocenters. The van der Waals surface area contributed by atoms with Gasteiger partial charge in [-0.1, -0.05) is 42.5 Å². The summed E-state index contributed by atoms with van der Waals surface area (Å²) in [5.41, 5.74) is 1.62. The summed E-state index contributed by atoms with van der Waals surface area (Å²) >= 11 is 0. The van der Waals surface area contributed by atoms with Crippen LogP contribution in [-0.2, 0) is 32.0 Å². The first-order valence-corrected chi connectivity index (χ1v) is 12.1. The minimum atomic E-state index is -2.81. The molecule has 0 aliphatic carbocycles. The summed E-state index contributed by atoms with van der Waals surface area (Å²) in [6.45, 7) is 3.43. The third-order valence-corrected chi connectivity index (χ3v) is 5.27. The van der Waals surface area contributed by atoms with Gasteiger partial charge in [-0.05, 0) is 37.1 Å². The van der Waals surface area contributed by atoms with Gasteiger partial charge in [-0.25, -0.2) is 18.4 Å². The van der Waals surface area contributed by atoms with Gasteiger partial charge < -0.3 is 29.0 Å². The van der Waals surface area contributed by atoms with Gasteiger partial charge in [0, 0.05) is 26.0 Å². The van der Waals surface area contributed by atoms with E-state index in [9.17, 15) is 23.5 Å². The van der Waals surface area contributed by atoms with Crippen LogP contribution in [0.1, 0.15) is 31.4 Å². The van der Waals surface area contributed by atoms with Crippen molar-refractivity contribution in [3.05, 3.63) is 65.7 Å². The predicted molar refractivity (Wildman–Crippen MR) is 133 cm³/mol. The molecule has 2 aromatic carbocycles. The van der Waals surface area contributed by atoms with Crippen molar-refractivity contribution in [1.29, 1.82) is 0 Å². The number of hydrogen-bond acceptors (Lipinski definition) is 6. The van der Waals surface area contributed by atoms with Crippen molar-refractivity contribution in [3.8, 4) is 5.75 Å². The fraction of sp³-hybridized carbons (Fsp3) is 0.481. The van der Waals surface area contributed by atoms with Crippen LogP contribution in [0.4, 0.5) is 13.6 Å². The SMILES string of the molecule is CCOC(Cc1ccc(OCCN(CCOCCC(C)(F)F)C(=O)OCc2ccccc2)cc1)C(=O)O. The molecular formula is C27H35F2NO7. The lowest BCUT2D eigenvalue weighted by Crippen LogP contribution is -2.37. The molecule has 0 saturated carbocycles. The van der Waals surface area contributed by atoms with Crippen molar-refractivity contribution in [2.45, 2.75) is 45.3 Å². The Kier molecular flexibility index (Phi) is 12.8. The number of rotatable bonds is 17. The van der Waals surface area contributed by atoms with Crippen LogP contribution in [0, 0.1) is 0 Å². The van der Waals surface area contributed by atoms with E-state index < -0.39 is 30.5 Å². The molecule has 8 nitrogen and oxygen atoms in total. The van der Waals surface area contributed by atoms with E-state index >= 15 is 0 Å². The van der Waals surface area contributed by atoms with Crippen molar-refractivity contribution >= 4 is 12.1 Å². The number of carboxylic acids is 1. The molecule has 1 N–H and O–H groups in total. The Morgan fingerprint density at radius 2 is 1.65 bits per heavy atom. The Morgan fingerprint density at radius 3 is 2.27 bits per heavy atom. The number of carbonyl (C=O) groups is 2. The van der Waals surface area contributed by atoms with Crippen molar-refractivity contribution in [2.24, 2.45) is 0 Å². The molecule has 0 fully saturated rings. The molecule has 1 amide bonds. The monoisotopic (exact) mass is 523 g/mol. The summed E-state index contributed by atoms with van der Waals surface area (Å²) in [7, 11) is 0. The van der Waals surface area contributed by atoms with Crippen molar-refractivity contribution < 1.29 is 42.4 Å². The maximum atomic E-state index is 13.0. The van der Waals surface area contributed by atoms with Crippen LogP contribution >= 0.6 is 0 Å². The quantitative estimate of drug-likeness (QED) is 0.298.